The normalized spacial score (nSPS) is 23.6. The zero-order valence-electron chi connectivity index (χ0n) is 8.61. The lowest BCUT2D eigenvalue weighted by molar-refractivity contribution is 0.171. The summed E-state index contributed by atoms with van der Waals surface area (Å²) in [4.78, 5) is 6.56. The molecule has 0 saturated carbocycles. The number of rotatable bonds is 2. The fourth-order valence-electron chi connectivity index (χ4n) is 2.04. The number of hydrogen-bond donors (Lipinski definition) is 1. The van der Waals surface area contributed by atoms with Gasteiger partial charge in [0.05, 0.1) is 0 Å². The van der Waals surface area contributed by atoms with Gasteiger partial charge in [0, 0.05) is 38.1 Å². The fourth-order valence-corrected chi connectivity index (χ4v) is 2.04. The molecule has 1 aliphatic rings. The van der Waals surface area contributed by atoms with Crippen molar-refractivity contribution in [2.24, 2.45) is 0 Å². The summed E-state index contributed by atoms with van der Waals surface area (Å²) < 4.78 is 0. The average Bonchev–Trinajstić information content (AvgIpc) is 2.30. The van der Waals surface area contributed by atoms with Gasteiger partial charge in [0.15, 0.2) is 0 Å². The number of pyridine rings is 1. The van der Waals surface area contributed by atoms with E-state index in [-0.39, 0.29) is 0 Å². The van der Waals surface area contributed by atoms with Gasteiger partial charge in [-0.15, -0.1) is 0 Å². The molecule has 3 heteroatoms. The number of nitrogens with one attached hydrogen (secondary N) is 1. The molecular formula is C11H17N3. The molecule has 1 aromatic rings. The van der Waals surface area contributed by atoms with Crippen molar-refractivity contribution in [2.45, 2.75) is 13.0 Å². The second kappa shape index (κ2) is 4.53. The van der Waals surface area contributed by atoms with Crippen LogP contribution in [-0.4, -0.2) is 36.1 Å². The number of likely N-dealkylation sites (N-methyl/N-ethyl adjacent to an activating group) is 1. The summed E-state index contributed by atoms with van der Waals surface area (Å²) >= 11 is 0. The molecule has 0 aromatic carbocycles. The summed E-state index contributed by atoms with van der Waals surface area (Å²) in [5, 5.41) is 3.44. The zero-order chi connectivity index (χ0) is 9.80. The van der Waals surface area contributed by atoms with Crippen molar-refractivity contribution >= 4 is 0 Å². The molecule has 0 spiro atoms. The largest absolute Gasteiger partial charge is 0.314 e. The van der Waals surface area contributed by atoms with Crippen LogP contribution >= 0.6 is 0 Å². The van der Waals surface area contributed by atoms with E-state index in [1.54, 1.807) is 0 Å². The predicted octanol–water partition coefficient (Wildman–Crippen LogP) is 1.05. The highest BCUT2D eigenvalue weighted by atomic mass is 15.2. The zero-order valence-corrected chi connectivity index (χ0v) is 8.61. The molecule has 1 aromatic heterocycles. The monoisotopic (exact) mass is 191 g/mol. The van der Waals surface area contributed by atoms with Crippen LogP contribution in [0.4, 0.5) is 0 Å². The van der Waals surface area contributed by atoms with Crippen molar-refractivity contribution in [1.29, 1.82) is 0 Å². The van der Waals surface area contributed by atoms with Crippen LogP contribution in [0.5, 0.6) is 0 Å². The molecular weight excluding hydrogens is 174 g/mol. The Labute approximate surface area is 85.1 Å². The van der Waals surface area contributed by atoms with E-state index in [2.05, 4.69) is 34.3 Å². The quantitative estimate of drug-likeness (QED) is 0.757. The van der Waals surface area contributed by atoms with Crippen LogP contribution < -0.4 is 5.32 Å². The van der Waals surface area contributed by atoms with E-state index in [1.165, 1.54) is 5.56 Å². The van der Waals surface area contributed by atoms with Crippen LogP contribution in [-0.2, 0) is 0 Å². The number of aromatic nitrogens is 1. The lowest BCUT2D eigenvalue weighted by Gasteiger charge is -2.35. The summed E-state index contributed by atoms with van der Waals surface area (Å²) in [6.45, 7) is 6.64. The lowest BCUT2D eigenvalue weighted by atomic mass is 10.1. The Morgan fingerprint density at radius 2 is 2.29 bits per heavy atom. The van der Waals surface area contributed by atoms with Crippen molar-refractivity contribution < 1.29 is 0 Å². The maximum Gasteiger partial charge on any atom is 0.0474 e. The molecule has 1 fully saturated rings. The van der Waals surface area contributed by atoms with E-state index >= 15 is 0 Å². The second-order valence-electron chi connectivity index (χ2n) is 3.63. The minimum atomic E-state index is 0.525. The van der Waals surface area contributed by atoms with E-state index in [1.807, 2.05) is 12.4 Å². The van der Waals surface area contributed by atoms with Gasteiger partial charge in [-0.3, -0.25) is 9.88 Å². The van der Waals surface area contributed by atoms with Crippen LogP contribution in [0, 0.1) is 0 Å². The molecule has 2 heterocycles. The molecule has 0 radical (unpaired) electrons. The molecule has 0 aliphatic carbocycles. The van der Waals surface area contributed by atoms with Gasteiger partial charge in [-0.1, -0.05) is 6.92 Å². The summed E-state index contributed by atoms with van der Waals surface area (Å²) in [5.41, 5.74) is 1.37. The summed E-state index contributed by atoms with van der Waals surface area (Å²) in [6, 6.07) is 4.75. The molecule has 0 bridgehead atoms. The minimum absolute atomic E-state index is 0.525. The molecule has 0 amide bonds. The van der Waals surface area contributed by atoms with Gasteiger partial charge in [-0.25, -0.2) is 0 Å². The molecule has 1 aliphatic heterocycles. The number of piperazine rings is 1. The third-order valence-electron chi connectivity index (χ3n) is 2.85. The van der Waals surface area contributed by atoms with Gasteiger partial charge in [0.1, 0.15) is 0 Å². The first kappa shape index (κ1) is 9.62. The van der Waals surface area contributed by atoms with Crippen molar-refractivity contribution in [2.75, 3.05) is 26.2 Å². The van der Waals surface area contributed by atoms with Gasteiger partial charge in [0.2, 0.25) is 0 Å². The lowest BCUT2D eigenvalue weighted by Crippen LogP contribution is -2.45. The van der Waals surface area contributed by atoms with Crippen LogP contribution in [0.1, 0.15) is 18.5 Å². The van der Waals surface area contributed by atoms with Gasteiger partial charge in [-0.05, 0) is 24.2 Å². The third kappa shape index (κ3) is 1.94. The summed E-state index contributed by atoms with van der Waals surface area (Å²) in [5.74, 6) is 0. The Kier molecular flexibility index (Phi) is 3.11. The van der Waals surface area contributed by atoms with Crippen LogP contribution in [0.2, 0.25) is 0 Å². The Morgan fingerprint density at radius 1 is 1.50 bits per heavy atom. The van der Waals surface area contributed by atoms with E-state index in [0.29, 0.717) is 6.04 Å². The van der Waals surface area contributed by atoms with Gasteiger partial charge >= 0.3 is 0 Å². The Morgan fingerprint density at radius 3 is 3.00 bits per heavy atom. The van der Waals surface area contributed by atoms with Gasteiger partial charge in [-0.2, -0.15) is 0 Å². The predicted molar refractivity (Wildman–Crippen MR) is 57.1 cm³/mol. The molecule has 1 N–H and O–H groups in total. The third-order valence-corrected chi connectivity index (χ3v) is 2.85. The Bertz CT molecular complexity index is 273. The minimum Gasteiger partial charge on any atom is -0.314 e. The van der Waals surface area contributed by atoms with Crippen molar-refractivity contribution in [3.05, 3.63) is 30.1 Å². The topological polar surface area (TPSA) is 28.2 Å². The first-order chi connectivity index (χ1) is 6.92. The Balaban J connectivity index is 2.15. The van der Waals surface area contributed by atoms with Crippen molar-refractivity contribution in [3.8, 4) is 0 Å². The van der Waals surface area contributed by atoms with Crippen LogP contribution in [0.15, 0.2) is 24.5 Å². The standard InChI is InChI=1S/C11H17N3/c1-2-14-8-7-13-9-11(14)10-3-5-12-6-4-10/h3-6,11,13H,2,7-9H2,1H3. The van der Waals surface area contributed by atoms with Gasteiger partial charge < -0.3 is 5.32 Å². The van der Waals surface area contributed by atoms with Crippen molar-refractivity contribution in [3.63, 3.8) is 0 Å². The van der Waals surface area contributed by atoms with Crippen LogP contribution in [0.25, 0.3) is 0 Å². The van der Waals surface area contributed by atoms with Crippen LogP contribution in [0.3, 0.4) is 0 Å². The molecule has 1 atom stereocenters. The highest BCUT2D eigenvalue weighted by Crippen LogP contribution is 2.20. The Hall–Kier alpha value is -0.930. The molecule has 2 rings (SSSR count). The SMILES string of the molecule is CCN1CCNCC1c1ccncc1. The molecule has 76 valence electrons. The van der Waals surface area contributed by atoms with Crippen molar-refractivity contribution in [1.82, 2.24) is 15.2 Å². The fraction of sp³-hybridized carbons (Fsp3) is 0.545. The second-order valence-corrected chi connectivity index (χ2v) is 3.63. The number of hydrogen-bond acceptors (Lipinski definition) is 3. The van der Waals surface area contributed by atoms with Gasteiger partial charge in [0.25, 0.3) is 0 Å². The average molecular weight is 191 g/mol. The highest BCUT2D eigenvalue weighted by molar-refractivity contribution is 5.16. The summed E-state index contributed by atoms with van der Waals surface area (Å²) in [6.07, 6.45) is 3.75. The maximum absolute atomic E-state index is 4.05. The molecule has 3 nitrogen and oxygen atoms in total. The first-order valence-corrected chi connectivity index (χ1v) is 5.26. The molecule has 1 saturated heterocycles. The van der Waals surface area contributed by atoms with E-state index in [4.69, 9.17) is 0 Å². The highest BCUT2D eigenvalue weighted by Gasteiger charge is 2.21. The van der Waals surface area contributed by atoms with E-state index in [0.717, 1.165) is 26.2 Å². The van der Waals surface area contributed by atoms with E-state index in [9.17, 15) is 0 Å². The summed E-state index contributed by atoms with van der Waals surface area (Å²) in [7, 11) is 0. The molecule has 1 unspecified atom stereocenters. The first-order valence-electron chi connectivity index (χ1n) is 5.26. The van der Waals surface area contributed by atoms with E-state index < -0.39 is 0 Å². The number of nitrogens with zero attached hydrogens (tertiary/aromatic N) is 2. The molecule has 14 heavy (non-hydrogen) atoms. The maximum atomic E-state index is 4.05. The smallest absolute Gasteiger partial charge is 0.0474 e.